The molecule has 0 radical (unpaired) electrons. The monoisotopic (exact) mass is 185 g/mol. The highest BCUT2D eigenvalue weighted by molar-refractivity contribution is 5.73. The van der Waals surface area contributed by atoms with E-state index in [0.717, 1.165) is 25.0 Å². The standard InChI is InChI=1S/C9H15NO3/c11-6-8(9(12)13)10-7-4-2-1-3-5-7/h4,8,10-11H,1-3,5-6H2,(H,12,13)/t8-/m0/s1. The number of carbonyl (C=O) groups is 1. The van der Waals surface area contributed by atoms with Crippen molar-refractivity contribution < 1.29 is 15.0 Å². The van der Waals surface area contributed by atoms with Gasteiger partial charge in [0.25, 0.3) is 0 Å². The van der Waals surface area contributed by atoms with Gasteiger partial charge in [0, 0.05) is 5.70 Å². The summed E-state index contributed by atoms with van der Waals surface area (Å²) < 4.78 is 0. The van der Waals surface area contributed by atoms with Gasteiger partial charge in [-0.2, -0.15) is 0 Å². The van der Waals surface area contributed by atoms with E-state index in [1.807, 2.05) is 6.08 Å². The molecule has 0 amide bonds. The molecular weight excluding hydrogens is 170 g/mol. The van der Waals surface area contributed by atoms with E-state index in [0.29, 0.717) is 0 Å². The molecule has 3 N–H and O–H groups in total. The van der Waals surface area contributed by atoms with Crippen molar-refractivity contribution >= 4 is 5.97 Å². The molecule has 0 saturated heterocycles. The van der Waals surface area contributed by atoms with Crippen LogP contribution in [0, 0.1) is 0 Å². The average Bonchev–Trinajstić information content (AvgIpc) is 2.15. The summed E-state index contributed by atoms with van der Waals surface area (Å²) in [5.41, 5.74) is 0.952. The Hall–Kier alpha value is -1.03. The summed E-state index contributed by atoms with van der Waals surface area (Å²) in [6.07, 6.45) is 6.16. The summed E-state index contributed by atoms with van der Waals surface area (Å²) >= 11 is 0. The van der Waals surface area contributed by atoms with Gasteiger partial charge >= 0.3 is 5.97 Å². The lowest BCUT2D eigenvalue weighted by Crippen LogP contribution is -2.39. The van der Waals surface area contributed by atoms with Crippen LogP contribution in [0.3, 0.4) is 0 Å². The summed E-state index contributed by atoms with van der Waals surface area (Å²) in [5, 5.41) is 20.2. The molecule has 13 heavy (non-hydrogen) atoms. The summed E-state index contributed by atoms with van der Waals surface area (Å²) in [4.78, 5) is 10.6. The summed E-state index contributed by atoms with van der Waals surface area (Å²) in [7, 11) is 0. The molecular formula is C9H15NO3. The number of rotatable bonds is 4. The number of aliphatic hydroxyl groups excluding tert-OH is 1. The fourth-order valence-corrected chi connectivity index (χ4v) is 1.38. The Bertz CT molecular complexity index is 213. The molecule has 1 aliphatic rings. The maximum absolute atomic E-state index is 10.6. The van der Waals surface area contributed by atoms with Crippen molar-refractivity contribution in [2.45, 2.75) is 31.7 Å². The first kappa shape index (κ1) is 10.1. The number of carboxylic acid groups (broad SMARTS) is 1. The van der Waals surface area contributed by atoms with Crippen LogP contribution in [0.4, 0.5) is 0 Å². The Balaban J connectivity index is 2.45. The van der Waals surface area contributed by atoms with Crippen molar-refractivity contribution in [3.05, 3.63) is 11.8 Å². The molecule has 4 heteroatoms. The van der Waals surface area contributed by atoms with Crippen LogP contribution >= 0.6 is 0 Å². The van der Waals surface area contributed by atoms with Crippen LogP contribution in [0.2, 0.25) is 0 Å². The average molecular weight is 185 g/mol. The van der Waals surface area contributed by atoms with Gasteiger partial charge in [-0.05, 0) is 25.7 Å². The third-order valence-corrected chi connectivity index (χ3v) is 2.13. The number of aliphatic carboxylic acids is 1. The topological polar surface area (TPSA) is 69.6 Å². The first-order chi connectivity index (χ1) is 6.24. The van der Waals surface area contributed by atoms with E-state index in [4.69, 9.17) is 10.2 Å². The van der Waals surface area contributed by atoms with Crippen LogP contribution in [0.5, 0.6) is 0 Å². The van der Waals surface area contributed by atoms with Gasteiger partial charge in [0.1, 0.15) is 6.04 Å². The largest absolute Gasteiger partial charge is 0.480 e. The smallest absolute Gasteiger partial charge is 0.328 e. The first-order valence-electron chi connectivity index (χ1n) is 4.53. The van der Waals surface area contributed by atoms with E-state index in [2.05, 4.69) is 5.32 Å². The van der Waals surface area contributed by atoms with Crippen LogP contribution in [0.25, 0.3) is 0 Å². The molecule has 74 valence electrons. The number of hydrogen-bond acceptors (Lipinski definition) is 3. The second-order valence-electron chi connectivity index (χ2n) is 3.19. The van der Waals surface area contributed by atoms with Crippen molar-refractivity contribution in [1.29, 1.82) is 0 Å². The van der Waals surface area contributed by atoms with E-state index < -0.39 is 12.0 Å². The fourth-order valence-electron chi connectivity index (χ4n) is 1.38. The Kier molecular flexibility index (Phi) is 3.76. The molecule has 0 aliphatic heterocycles. The van der Waals surface area contributed by atoms with Crippen LogP contribution < -0.4 is 5.32 Å². The SMILES string of the molecule is O=C(O)[C@H](CO)NC1=CCCCC1. The zero-order chi connectivity index (χ0) is 9.68. The Morgan fingerprint density at radius 2 is 2.38 bits per heavy atom. The zero-order valence-corrected chi connectivity index (χ0v) is 7.49. The molecule has 0 heterocycles. The van der Waals surface area contributed by atoms with Crippen molar-refractivity contribution in [3.8, 4) is 0 Å². The summed E-state index contributed by atoms with van der Waals surface area (Å²) in [6, 6.07) is -0.857. The van der Waals surface area contributed by atoms with Gasteiger partial charge in [-0.15, -0.1) is 0 Å². The van der Waals surface area contributed by atoms with Gasteiger partial charge in [0.15, 0.2) is 0 Å². The van der Waals surface area contributed by atoms with Gasteiger partial charge in [0.05, 0.1) is 6.61 Å². The number of aliphatic hydroxyl groups is 1. The molecule has 4 nitrogen and oxygen atoms in total. The lowest BCUT2D eigenvalue weighted by molar-refractivity contribution is -0.140. The van der Waals surface area contributed by atoms with Crippen molar-refractivity contribution in [2.75, 3.05) is 6.61 Å². The maximum Gasteiger partial charge on any atom is 0.328 e. The normalized spacial score (nSPS) is 19.0. The molecule has 0 aromatic rings. The van der Waals surface area contributed by atoms with E-state index >= 15 is 0 Å². The minimum Gasteiger partial charge on any atom is -0.480 e. The molecule has 0 bridgehead atoms. The minimum absolute atomic E-state index is 0.368. The van der Waals surface area contributed by atoms with E-state index in [1.54, 1.807) is 0 Å². The number of carboxylic acids is 1. The van der Waals surface area contributed by atoms with Crippen molar-refractivity contribution in [1.82, 2.24) is 5.32 Å². The van der Waals surface area contributed by atoms with Gasteiger partial charge in [-0.25, -0.2) is 4.79 Å². The van der Waals surface area contributed by atoms with Crippen LogP contribution in [0.15, 0.2) is 11.8 Å². The lowest BCUT2D eigenvalue weighted by Gasteiger charge is -2.18. The van der Waals surface area contributed by atoms with Crippen LogP contribution in [-0.4, -0.2) is 28.8 Å². The molecule has 0 saturated carbocycles. The van der Waals surface area contributed by atoms with Crippen molar-refractivity contribution in [2.24, 2.45) is 0 Å². The van der Waals surface area contributed by atoms with Crippen molar-refractivity contribution in [3.63, 3.8) is 0 Å². The molecule has 1 aliphatic carbocycles. The first-order valence-corrected chi connectivity index (χ1v) is 4.53. The Labute approximate surface area is 77.3 Å². The maximum atomic E-state index is 10.6. The highest BCUT2D eigenvalue weighted by Gasteiger charge is 2.17. The summed E-state index contributed by atoms with van der Waals surface area (Å²) in [6.45, 7) is -0.368. The molecule has 1 atom stereocenters. The molecule has 0 aromatic carbocycles. The number of hydrogen-bond donors (Lipinski definition) is 3. The van der Waals surface area contributed by atoms with Crippen LogP contribution in [0.1, 0.15) is 25.7 Å². The van der Waals surface area contributed by atoms with Gasteiger partial charge < -0.3 is 15.5 Å². The molecule has 0 fully saturated rings. The molecule has 0 unspecified atom stereocenters. The summed E-state index contributed by atoms with van der Waals surface area (Å²) in [5.74, 6) is -1.01. The van der Waals surface area contributed by atoms with E-state index in [-0.39, 0.29) is 6.61 Å². The predicted octanol–water partition coefficient (Wildman–Crippen LogP) is 0.479. The lowest BCUT2D eigenvalue weighted by atomic mass is 10.0. The molecule has 1 rings (SSSR count). The molecule has 0 aromatic heterocycles. The van der Waals surface area contributed by atoms with Gasteiger partial charge in [-0.1, -0.05) is 6.08 Å². The highest BCUT2D eigenvalue weighted by atomic mass is 16.4. The van der Waals surface area contributed by atoms with E-state index in [9.17, 15) is 4.79 Å². The Morgan fingerprint density at radius 1 is 1.62 bits per heavy atom. The van der Waals surface area contributed by atoms with E-state index in [1.165, 1.54) is 6.42 Å². The second-order valence-corrected chi connectivity index (χ2v) is 3.19. The third kappa shape index (κ3) is 3.06. The predicted molar refractivity (Wildman–Crippen MR) is 48.2 cm³/mol. The minimum atomic E-state index is -1.01. The zero-order valence-electron chi connectivity index (χ0n) is 7.49. The molecule has 0 spiro atoms. The van der Waals surface area contributed by atoms with Gasteiger partial charge in [0.2, 0.25) is 0 Å². The second kappa shape index (κ2) is 4.87. The Morgan fingerprint density at radius 3 is 2.85 bits per heavy atom. The third-order valence-electron chi connectivity index (χ3n) is 2.13. The van der Waals surface area contributed by atoms with Crippen LogP contribution in [-0.2, 0) is 4.79 Å². The number of nitrogens with one attached hydrogen (secondary N) is 1. The number of allylic oxidation sites excluding steroid dienone is 2. The quantitative estimate of drug-likeness (QED) is 0.595. The highest BCUT2D eigenvalue weighted by Crippen LogP contribution is 2.15. The van der Waals surface area contributed by atoms with Gasteiger partial charge in [-0.3, -0.25) is 0 Å². The fraction of sp³-hybridized carbons (Fsp3) is 0.667.